The number of nitrogens with zero attached hydrogens (tertiary/aromatic N) is 3. The lowest BCUT2D eigenvalue weighted by Crippen LogP contribution is -2.44. The van der Waals surface area contributed by atoms with Crippen molar-refractivity contribution in [3.8, 4) is 0 Å². The number of aromatic nitrogens is 2. The zero-order valence-electron chi connectivity index (χ0n) is 11.6. The number of carboxylic acids is 1. The molecule has 1 aliphatic rings. The second-order valence-corrected chi connectivity index (χ2v) is 5.22. The molecule has 1 unspecified atom stereocenters. The molecule has 2 rings (SSSR count). The molecule has 0 bridgehead atoms. The molecule has 1 fully saturated rings. The SMILES string of the molecule is O=C(O)CCC1CCCCN1C(=O)CCn1ccnc1. The highest BCUT2D eigenvalue weighted by Crippen LogP contribution is 2.21. The quantitative estimate of drug-likeness (QED) is 0.856. The van der Waals surface area contributed by atoms with Gasteiger partial charge in [-0.05, 0) is 25.7 Å². The van der Waals surface area contributed by atoms with E-state index in [9.17, 15) is 9.59 Å². The molecule has 1 amide bonds. The van der Waals surface area contributed by atoms with E-state index in [2.05, 4.69) is 4.98 Å². The molecule has 0 spiro atoms. The van der Waals surface area contributed by atoms with Gasteiger partial charge in [-0.1, -0.05) is 0 Å². The Morgan fingerprint density at radius 3 is 2.85 bits per heavy atom. The van der Waals surface area contributed by atoms with Gasteiger partial charge >= 0.3 is 5.97 Å². The van der Waals surface area contributed by atoms with E-state index in [4.69, 9.17) is 5.11 Å². The van der Waals surface area contributed by atoms with E-state index in [-0.39, 0.29) is 18.4 Å². The average Bonchev–Trinajstić information content (AvgIpc) is 2.96. The number of carboxylic acid groups (broad SMARTS) is 1. The summed E-state index contributed by atoms with van der Waals surface area (Å²) in [5, 5.41) is 8.78. The van der Waals surface area contributed by atoms with Crippen molar-refractivity contribution in [3.05, 3.63) is 18.7 Å². The summed E-state index contributed by atoms with van der Waals surface area (Å²) < 4.78 is 1.88. The summed E-state index contributed by atoms with van der Waals surface area (Å²) in [6.07, 6.45) is 9.39. The summed E-state index contributed by atoms with van der Waals surface area (Å²) >= 11 is 0. The Hall–Kier alpha value is -1.85. The van der Waals surface area contributed by atoms with Crippen LogP contribution < -0.4 is 0 Å². The maximum Gasteiger partial charge on any atom is 0.303 e. The van der Waals surface area contributed by atoms with Crippen molar-refractivity contribution in [1.82, 2.24) is 14.5 Å². The van der Waals surface area contributed by atoms with Crippen molar-refractivity contribution in [2.45, 2.75) is 51.1 Å². The number of piperidine rings is 1. The van der Waals surface area contributed by atoms with Gasteiger partial charge in [0.05, 0.1) is 6.33 Å². The lowest BCUT2D eigenvalue weighted by Gasteiger charge is -2.35. The Balaban J connectivity index is 1.86. The van der Waals surface area contributed by atoms with Crippen LogP contribution in [0.5, 0.6) is 0 Å². The molecule has 1 aliphatic heterocycles. The van der Waals surface area contributed by atoms with Gasteiger partial charge in [0.1, 0.15) is 0 Å². The minimum absolute atomic E-state index is 0.0927. The molecule has 6 nitrogen and oxygen atoms in total. The van der Waals surface area contributed by atoms with Crippen LogP contribution in [-0.4, -0.2) is 44.0 Å². The molecule has 0 saturated carbocycles. The van der Waals surface area contributed by atoms with Crippen LogP contribution in [-0.2, 0) is 16.1 Å². The number of carbonyl (C=O) groups is 2. The molecule has 0 aliphatic carbocycles. The van der Waals surface area contributed by atoms with Gasteiger partial charge in [0.15, 0.2) is 0 Å². The fourth-order valence-corrected chi connectivity index (χ4v) is 2.71. The summed E-state index contributed by atoms with van der Waals surface area (Å²) in [7, 11) is 0. The topological polar surface area (TPSA) is 75.4 Å². The van der Waals surface area contributed by atoms with Gasteiger partial charge in [-0.3, -0.25) is 9.59 Å². The first kappa shape index (κ1) is 14.6. The lowest BCUT2D eigenvalue weighted by molar-refractivity contribution is -0.140. The highest BCUT2D eigenvalue weighted by Gasteiger charge is 2.26. The van der Waals surface area contributed by atoms with Gasteiger partial charge in [-0.2, -0.15) is 0 Å². The van der Waals surface area contributed by atoms with E-state index in [0.717, 1.165) is 25.8 Å². The predicted molar refractivity (Wildman–Crippen MR) is 73.1 cm³/mol. The lowest BCUT2D eigenvalue weighted by atomic mass is 9.97. The summed E-state index contributed by atoms with van der Waals surface area (Å²) in [6, 6.07) is 0.0927. The third-order valence-electron chi connectivity index (χ3n) is 3.78. The molecular formula is C14H21N3O3. The molecule has 0 aromatic carbocycles. The van der Waals surface area contributed by atoms with Crippen molar-refractivity contribution in [3.63, 3.8) is 0 Å². The first-order chi connectivity index (χ1) is 9.66. The van der Waals surface area contributed by atoms with Crippen molar-refractivity contribution >= 4 is 11.9 Å². The fourth-order valence-electron chi connectivity index (χ4n) is 2.71. The minimum atomic E-state index is -0.790. The van der Waals surface area contributed by atoms with E-state index in [1.165, 1.54) is 0 Å². The number of hydrogen-bond acceptors (Lipinski definition) is 3. The van der Waals surface area contributed by atoms with E-state index < -0.39 is 5.97 Å². The number of hydrogen-bond donors (Lipinski definition) is 1. The summed E-state index contributed by atoms with van der Waals surface area (Å²) in [6.45, 7) is 1.38. The third kappa shape index (κ3) is 4.08. The Morgan fingerprint density at radius 2 is 2.15 bits per heavy atom. The molecular weight excluding hydrogens is 258 g/mol. The van der Waals surface area contributed by atoms with Gasteiger partial charge in [-0.15, -0.1) is 0 Å². The first-order valence-electron chi connectivity index (χ1n) is 7.14. The Bertz CT molecular complexity index is 445. The van der Waals surface area contributed by atoms with E-state index >= 15 is 0 Å². The number of likely N-dealkylation sites (tertiary alicyclic amines) is 1. The summed E-state index contributed by atoms with van der Waals surface area (Å²) in [4.78, 5) is 28.8. The van der Waals surface area contributed by atoms with Crippen LogP contribution in [0.2, 0.25) is 0 Å². The van der Waals surface area contributed by atoms with Gasteiger partial charge < -0.3 is 14.6 Å². The molecule has 1 atom stereocenters. The number of aliphatic carboxylic acids is 1. The summed E-state index contributed by atoms with van der Waals surface area (Å²) in [5.41, 5.74) is 0. The predicted octanol–water partition coefficient (Wildman–Crippen LogP) is 1.52. The number of aryl methyl sites for hydroxylation is 1. The molecule has 1 N–H and O–H groups in total. The second-order valence-electron chi connectivity index (χ2n) is 5.22. The third-order valence-corrected chi connectivity index (χ3v) is 3.78. The van der Waals surface area contributed by atoms with E-state index in [1.54, 1.807) is 12.5 Å². The molecule has 2 heterocycles. The fraction of sp³-hybridized carbons (Fsp3) is 0.643. The Labute approximate surface area is 118 Å². The summed E-state index contributed by atoms with van der Waals surface area (Å²) in [5.74, 6) is -0.671. The molecule has 6 heteroatoms. The first-order valence-corrected chi connectivity index (χ1v) is 7.14. The maximum absolute atomic E-state index is 12.3. The molecule has 1 aromatic heterocycles. The van der Waals surface area contributed by atoms with Crippen molar-refractivity contribution in [2.24, 2.45) is 0 Å². The maximum atomic E-state index is 12.3. The zero-order valence-corrected chi connectivity index (χ0v) is 11.6. The standard InChI is InChI=1S/C14H21N3O3/c18-13(6-9-16-10-7-15-11-16)17-8-2-1-3-12(17)4-5-14(19)20/h7,10-12H,1-6,8-9H2,(H,19,20). The highest BCUT2D eigenvalue weighted by molar-refractivity contribution is 5.76. The molecule has 20 heavy (non-hydrogen) atoms. The number of imidazole rings is 1. The zero-order chi connectivity index (χ0) is 14.4. The van der Waals surface area contributed by atoms with Crippen LogP contribution in [0.4, 0.5) is 0 Å². The van der Waals surface area contributed by atoms with Crippen molar-refractivity contribution < 1.29 is 14.7 Å². The number of rotatable bonds is 6. The van der Waals surface area contributed by atoms with Crippen LogP contribution in [0.15, 0.2) is 18.7 Å². The van der Waals surface area contributed by atoms with Crippen LogP contribution in [0.25, 0.3) is 0 Å². The number of amides is 1. The minimum Gasteiger partial charge on any atom is -0.481 e. The van der Waals surface area contributed by atoms with Crippen LogP contribution in [0, 0.1) is 0 Å². The smallest absolute Gasteiger partial charge is 0.303 e. The molecule has 1 saturated heterocycles. The molecule has 110 valence electrons. The van der Waals surface area contributed by atoms with Gasteiger partial charge in [0, 0.05) is 44.4 Å². The van der Waals surface area contributed by atoms with Crippen LogP contribution in [0.3, 0.4) is 0 Å². The monoisotopic (exact) mass is 279 g/mol. The van der Waals surface area contributed by atoms with Crippen LogP contribution in [0.1, 0.15) is 38.5 Å². The van der Waals surface area contributed by atoms with E-state index in [0.29, 0.717) is 19.4 Å². The van der Waals surface area contributed by atoms with Crippen LogP contribution >= 0.6 is 0 Å². The largest absolute Gasteiger partial charge is 0.481 e. The molecule has 1 aromatic rings. The Morgan fingerprint density at radius 1 is 1.30 bits per heavy atom. The van der Waals surface area contributed by atoms with Crippen molar-refractivity contribution in [1.29, 1.82) is 0 Å². The van der Waals surface area contributed by atoms with Gasteiger partial charge in [-0.25, -0.2) is 4.98 Å². The Kier molecular flexibility index (Phi) is 5.15. The van der Waals surface area contributed by atoms with E-state index in [1.807, 2.05) is 15.7 Å². The average molecular weight is 279 g/mol. The normalized spacial score (nSPS) is 19.0. The van der Waals surface area contributed by atoms with Gasteiger partial charge in [0.25, 0.3) is 0 Å². The van der Waals surface area contributed by atoms with Gasteiger partial charge in [0.2, 0.25) is 5.91 Å². The molecule has 0 radical (unpaired) electrons. The highest BCUT2D eigenvalue weighted by atomic mass is 16.4. The second kappa shape index (κ2) is 7.07. The van der Waals surface area contributed by atoms with Crippen molar-refractivity contribution in [2.75, 3.05) is 6.54 Å². The number of carbonyl (C=O) groups excluding carboxylic acids is 1.